The predicted octanol–water partition coefficient (Wildman–Crippen LogP) is 1.93. The average Bonchev–Trinajstić information content (AvgIpc) is 3.05. The molecule has 1 aliphatic rings. The number of halogens is 2. The Kier molecular flexibility index (Phi) is 8.37. The summed E-state index contributed by atoms with van der Waals surface area (Å²) in [4.78, 5) is 23.0. The molecule has 3 heterocycles. The summed E-state index contributed by atoms with van der Waals surface area (Å²) in [5, 5.41) is 5.33. The first-order valence-electron chi connectivity index (χ1n) is 7.01. The summed E-state index contributed by atoms with van der Waals surface area (Å²) in [6, 6.07) is 3.64. The number of hydrogen-bond donors (Lipinski definition) is 2. The summed E-state index contributed by atoms with van der Waals surface area (Å²) in [5.74, 6) is 0.506. The highest BCUT2D eigenvalue weighted by Crippen LogP contribution is 2.24. The molecule has 24 heavy (non-hydrogen) atoms. The van der Waals surface area contributed by atoms with Crippen LogP contribution in [0.2, 0.25) is 0 Å². The molecule has 0 bridgehead atoms. The Labute approximate surface area is 156 Å². The number of aromatic nitrogens is 2. The van der Waals surface area contributed by atoms with Crippen LogP contribution in [0.1, 0.15) is 15.5 Å². The molecule has 0 unspecified atom stereocenters. The van der Waals surface area contributed by atoms with Crippen LogP contribution in [0, 0.1) is 0 Å². The molecule has 1 amide bonds. The third-order valence-corrected chi connectivity index (χ3v) is 4.18. The highest BCUT2D eigenvalue weighted by atomic mass is 35.5. The van der Waals surface area contributed by atoms with E-state index < -0.39 is 0 Å². The first-order chi connectivity index (χ1) is 10.8. The van der Waals surface area contributed by atoms with Gasteiger partial charge in [-0.15, -0.1) is 36.2 Å². The van der Waals surface area contributed by atoms with Gasteiger partial charge in [0.05, 0.1) is 18.9 Å². The molecule has 2 aromatic rings. The van der Waals surface area contributed by atoms with Gasteiger partial charge < -0.3 is 20.7 Å². The lowest BCUT2D eigenvalue weighted by atomic mass is 10.3. The Hall–Kier alpha value is -1.45. The minimum absolute atomic E-state index is 0. The zero-order chi connectivity index (χ0) is 15.4. The quantitative estimate of drug-likeness (QED) is 0.826. The largest absolute Gasteiger partial charge is 0.378 e. The number of ether oxygens (including phenoxy) is 1. The lowest BCUT2D eigenvalue weighted by molar-refractivity contribution is 0.102. The Morgan fingerprint density at radius 3 is 2.79 bits per heavy atom. The summed E-state index contributed by atoms with van der Waals surface area (Å²) >= 11 is 1.38. The minimum atomic E-state index is -0.251. The van der Waals surface area contributed by atoms with Crippen molar-refractivity contribution in [2.45, 2.75) is 6.54 Å². The van der Waals surface area contributed by atoms with E-state index in [0.29, 0.717) is 31.1 Å². The number of hydrogen-bond acceptors (Lipinski definition) is 7. The third-order valence-electron chi connectivity index (χ3n) is 3.30. The number of amides is 1. The van der Waals surface area contributed by atoms with Crippen LogP contribution >= 0.6 is 36.2 Å². The summed E-state index contributed by atoms with van der Waals surface area (Å²) in [5.41, 5.74) is 6.58. The zero-order valence-corrected chi connectivity index (χ0v) is 15.3. The lowest BCUT2D eigenvalue weighted by Crippen LogP contribution is -2.37. The van der Waals surface area contributed by atoms with Gasteiger partial charge in [-0.25, -0.2) is 9.97 Å². The number of carbonyl (C=O) groups is 1. The smallest absolute Gasteiger partial charge is 0.275 e. The normalized spacial score (nSPS) is 13.6. The van der Waals surface area contributed by atoms with Crippen molar-refractivity contribution in [1.29, 1.82) is 0 Å². The summed E-state index contributed by atoms with van der Waals surface area (Å²) in [6.07, 6.45) is 1.72. The monoisotopic (exact) mass is 391 g/mol. The molecule has 2 aromatic heterocycles. The van der Waals surface area contributed by atoms with Gasteiger partial charge in [0, 0.05) is 31.2 Å². The molecule has 3 N–H and O–H groups in total. The van der Waals surface area contributed by atoms with Crippen LogP contribution in [-0.4, -0.2) is 42.2 Å². The van der Waals surface area contributed by atoms with Gasteiger partial charge in [0.15, 0.2) is 5.82 Å². The summed E-state index contributed by atoms with van der Waals surface area (Å²) < 4.78 is 5.35. The van der Waals surface area contributed by atoms with E-state index in [1.165, 1.54) is 11.3 Å². The first-order valence-corrected chi connectivity index (χ1v) is 7.89. The van der Waals surface area contributed by atoms with Gasteiger partial charge in [0.2, 0.25) is 0 Å². The molecule has 0 aliphatic carbocycles. The number of nitrogens with one attached hydrogen (secondary N) is 1. The number of nitrogens with zero attached hydrogens (tertiary/aromatic N) is 3. The number of pyridine rings is 1. The standard InChI is InChI=1S/C14H17N5O2S.2ClH/c15-8-12-17-11(9-22-12)14(20)18-10-2-1-3-16-13(10)19-4-6-21-7-5-19;;/h1-3,9H,4-8,15H2,(H,18,20);2*1H. The molecule has 0 spiro atoms. The molecule has 1 saturated heterocycles. The van der Waals surface area contributed by atoms with Crippen molar-refractivity contribution in [3.63, 3.8) is 0 Å². The van der Waals surface area contributed by atoms with Gasteiger partial charge >= 0.3 is 0 Å². The molecule has 10 heteroatoms. The van der Waals surface area contributed by atoms with Crippen molar-refractivity contribution in [2.24, 2.45) is 5.73 Å². The number of carbonyl (C=O) groups excluding carboxylic acids is 1. The first kappa shape index (κ1) is 20.6. The predicted molar refractivity (Wildman–Crippen MR) is 99.7 cm³/mol. The second kappa shape index (κ2) is 9.75. The van der Waals surface area contributed by atoms with Gasteiger partial charge in [0.1, 0.15) is 10.7 Å². The fourth-order valence-corrected chi connectivity index (χ4v) is 2.87. The summed E-state index contributed by atoms with van der Waals surface area (Å²) in [6.45, 7) is 3.18. The van der Waals surface area contributed by atoms with Crippen LogP contribution in [0.25, 0.3) is 0 Å². The van der Waals surface area contributed by atoms with E-state index >= 15 is 0 Å². The SMILES string of the molecule is Cl.Cl.NCc1nc(C(=O)Nc2cccnc2N2CCOCC2)cs1. The van der Waals surface area contributed by atoms with Crippen molar-refractivity contribution in [1.82, 2.24) is 9.97 Å². The number of rotatable bonds is 4. The van der Waals surface area contributed by atoms with Crippen LogP contribution in [0.3, 0.4) is 0 Å². The number of morpholine rings is 1. The van der Waals surface area contributed by atoms with Crippen LogP contribution in [-0.2, 0) is 11.3 Å². The fraction of sp³-hybridized carbons (Fsp3) is 0.357. The van der Waals surface area contributed by atoms with Crippen LogP contribution in [0.15, 0.2) is 23.7 Å². The summed E-state index contributed by atoms with van der Waals surface area (Å²) in [7, 11) is 0. The zero-order valence-electron chi connectivity index (χ0n) is 12.8. The van der Waals surface area contributed by atoms with Gasteiger partial charge in [0.25, 0.3) is 5.91 Å². The molecule has 1 aliphatic heterocycles. The van der Waals surface area contributed by atoms with E-state index in [2.05, 4.69) is 20.2 Å². The number of anilines is 2. The Balaban J connectivity index is 0.00000144. The Bertz CT molecular complexity index is 664. The lowest BCUT2D eigenvalue weighted by Gasteiger charge is -2.29. The van der Waals surface area contributed by atoms with Crippen molar-refractivity contribution < 1.29 is 9.53 Å². The fourth-order valence-electron chi connectivity index (χ4n) is 2.22. The van der Waals surface area contributed by atoms with Crippen molar-refractivity contribution >= 4 is 53.6 Å². The molecule has 1 fully saturated rings. The van der Waals surface area contributed by atoms with Crippen LogP contribution in [0.5, 0.6) is 0 Å². The molecular formula is C14H19Cl2N5O2S. The van der Waals surface area contributed by atoms with E-state index in [1.54, 1.807) is 17.6 Å². The molecule has 7 nitrogen and oxygen atoms in total. The second-order valence-electron chi connectivity index (χ2n) is 4.76. The van der Waals surface area contributed by atoms with E-state index in [1.807, 2.05) is 6.07 Å². The molecule has 3 rings (SSSR count). The van der Waals surface area contributed by atoms with Gasteiger partial charge in [-0.1, -0.05) is 0 Å². The second-order valence-corrected chi connectivity index (χ2v) is 5.70. The van der Waals surface area contributed by atoms with Gasteiger partial charge in [-0.3, -0.25) is 4.79 Å². The third kappa shape index (κ3) is 4.78. The number of thiazole rings is 1. The van der Waals surface area contributed by atoms with E-state index in [-0.39, 0.29) is 30.7 Å². The Morgan fingerprint density at radius 1 is 1.38 bits per heavy atom. The van der Waals surface area contributed by atoms with E-state index in [4.69, 9.17) is 10.5 Å². The maximum absolute atomic E-state index is 12.3. The van der Waals surface area contributed by atoms with Crippen molar-refractivity contribution in [3.8, 4) is 0 Å². The van der Waals surface area contributed by atoms with Gasteiger partial charge in [-0.2, -0.15) is 0 Å². The molecule has 132 valence electrons. The molecule has 0 saturated carbocycles. The van der Waals surface area contributed by atoms with E-state index in [0.717, 1.165) is 23.9 Å². The molecule has 0 aromatic carbocycles. The van der Waals surface area contributed by atoms with Crippen molar-refractivity contribution in [2.75, 3.05) is 36.5 Å². The maximum Gasteiger partial charge on any atom is 0.275 e. The highest BCUT2D eigenvalue weighted by Gasteiger charge is 2.18. The molecule has 0 radical (unpaired) electrons. The highest BCUT2D eigenvalue weighted by molar-refractivity contribution is 7.09. The molecular weight excluding hydrogens is 373 g/mol. The van der Waals surface area contributed by atoms with E-state index in [9.17, 15) is 4.79 Å². The van der Waals surface area contributed by atoms with Gasteiger partial charge in [-0.05, 0) is 12.1 Å². The molecule has 0 atom stereocenters. The Morgan fingerprint density at radius 2 is 2.12 bits per heavy atom. The average molecular weight is 392 g/mol. The van der Waals surface area contributed by atoms with Crippen LogP contribution < -0.4 is 16.0 Å². The van der Waals surface area contributed by atoms with Crippen molar-refractivity contribution in [3.05, 3.63) is 34.4 Å². The minimum Gasteiger partial charge on any atom is -0.378 e. The van der Waals surface area contributed by atoms with Crippen LogP contribution in [0.4, 0.5) is 11.5 Å². The number of nitrogens with two attached hydrogens (primary N) is 1. The topological polar surface area (TPSA) is 93.4 Å². The maximum atomic E-state index is 12.3.